The molecule has 0 aliphatic rings. The van der Waals surface area contributed by atoms with E-state index in [0.717, 1.165) is 23.2 Å². The van der Waals surface area contributed by atoms with Gasteiger partial charge in [-0.1, -0.05) is 32.0 Å². The smallest absolute Gasteiger partial charge is 0.428 e. The van der Waals surface area contributed by atoms with E-state index in [4.69, 9.17) is 25.0 Å². The van der Waals surface area contributed by atoms with Crippen molar-refractivity contribution in [2.24, 2.45) is 15.7 Å². The average Bonchev–Trinajstić information content (AvgIpc) is 3.43. The first-order valence-electron chi connectivity index (χ1n) is 15.2. The van der Waals surface area contributed by atoms with Gasteiger partial charge in [-0.3, -0.25) is 24.2 Å². The molecule has 0 aliphatic carbocycles. The van der Waals surface area contributed by atoms with Crippen LogP contribution in [0.1, 0.15) is 69.8 Å². The highest BCUT2D eigenvalue weighted by Crippen LogP contribution is 2.37. The Kier molecular flexibility index (Phi) is 13.8. The first-order chi connectivity index (χ1) is 23.3. The number of H-pyrrole nitrogens is 1. The van der Waals surface area contributed by atoms with Gasteiger partial charge in [-0.05, 0) is 67.6 Å². The van der Waals surface area contributed by atoms with Crippen LogP contribution in [0.25, 0.3) is 0 Å². The summed E-state index contributed by atoms with van der Waals surface area (Å²) in [5.41, 5.74) is 8.60. The van der Waals surface area contributed by atoms with Crippen LogP contribution in [0.4, 0.5) is 10.5 Å². The Morgan fingerprint density at radius 2 is 1.76 bits per heavy atom. The molecule has 3 amide bonds. The molecule has 0 spiro atoms. The number of phosphoric ester groups is 1. The number of amidine groups is 1. The molecule has 1 aromatic heterocycles. The van der Waals surface area contributed by atoms with Crippen molar-refractivity contribution in [3.8, 4) is 5.75 Å². The van der Waals surface area contributed by atoms with Crippen LogP contribution in [-0.4, -0.2) is 75.6 Å². The van der Waals surface area contributed by atoms with E-state index in [1.165, 1.54) is 30.5 Å². The SMILES string of the molecule is CCCNC(=O)c1ccc(C)c(N=C(N=CN)c2[nH]cc(C(=O)N(CCC)C(=O)OCOC(=O)Cc3ccc(OP(=O)(O)O)cc3)c2C)c1. The summed E-state index contributed by atoms with van der Waals surface area (Å²) < 4.78 is 25.5. The number of imide groups is 1. The number of amides is 3. The molecular weight excluding hydrogens is 659 g/mol. The van der Waals surface area contributed by atoms with Crippen molar-refractivity contribution in [3.05, 3.63) is 82.2 Å². The van der Waals surface area contributed by atoms with E-state index in [1.807, 2.05) is 13.8 Å². The molecule has 0 radical (unpaired) electrons. The number of nitrogens with two attached hydrogens (primary N) is 1. The number of ether oxygens (including phenoxy) is 2. The standard InChI is InChI=1S/C32H39N6O10P/c1-5-13-34-30(40)23-10-7-20(3)26(16-23)37-29(36-18-33)28-21(4)25(17-35-28)31(41)38(14-6-2)32(42)47-19-46-27(39)15-22-8-11-24(12-9-22)48-49(43,44)45/h7-12,16-18,35H,5-6,13-15,19H2,1-4H3,(H,34,40)(H2,33,36,37)(H2,43,44,45). The Hall–Kier alpha value is -5.31. The summed E-state index contributed by atoms with van der Waals surface area (Å²) in [6.07, 6.45) is 2.37. The van der Waals surface area contributed by atoms with Gasteiger partial charge in [0.25, 0.3) is 11.8 Å². The van der Waals surface area contributed by atoms with Gasteiger partial charge in [-0.15, -0.1) is 0 Å². The zero-order chi connectivity index (χ0) is 36.1. The maximum absolute atomic E-state index is 13.6. The molecule has 6 N–H and O–H groups in total. The van der Waals surface area contributed by atoms with Crippen molar-refractivity contribution in [1.82, 2.24) is 15.2 Å². The van der Waals surface area contributed by atoms with Crippen LogP contribution in [0, 0.1) is 13.8 Å². The number of nitrogens with one attached hydrogen (secondary N) is 2. The summed E-state index contributed by atoms with van der Waals surface area (Å²) >= 11 is 0. The first-order valence-corrected chi connectivity index (χ1v) is 16.7. The van der Waals surface area contributed by atoms with Gasteiger partial charge in [-0.25, -0.2) is 24.2 Å². The summed E-state index contributed by atoms with van der Waals surface area (Å²) in [4.78, 5) is 81.7. The first kappa shape index (κ1) is 38.1. The minimum atomic E-state index is -4.72. The number of aliphatic imine (C=N–C) groups is 2. The minimum Gasteiger partial charge on any atom is -0.428 e. The van der Waals surface area contributed by atoms with Crippen LogP contribution in [0.5, 0.6) is 5.75 Å². The molecule has 0 bridgehead atoms. The second-order valence-electron chi connectivity index (χ2n) is 10.6. The van der Waals surface area contributed by atoms with Crippen LogP contribution in [0.2, 0.25) is 0 Å². The highest BCUT2D eigenvalue weighted by molar-refractivity contribution is 7.46. The van der Waals surface area contributed by atoms with Crippen molar-refractivity contribution in [1.29, 1.82) is 0 Å². The number of aromatic amines is 1. The summed E-state index contributed by atoms with van der Waals surface area (Å²) in [5, 5.41) is 2.82. The van der Waals surface area contributed by atoms with E-state index in [0.29, 0.717) is 41.0 Å². The zero-order valence-electron chi connectivity index (χ0n) is 27.5. The number of esters is 1. The predicted octanol–water partition coefficient (Wildman–Crippen LogP) is 4.04. The average molecular weight is 699 g/mol. The highest BCUT2D eigenvalue weighted by Gasteiger charge is 2.28. The van der Waals surface area contributed by atoms with E-state index in [9.17, 15) is 23.7 Å². The minimum absolute atomic E-state index is 0.00256. The number of aromatic nitrogens is 1. The van der Waals surface area contributed by atoms with Gasteiger partial charge in [0.2, 0.25) is 6.79 Å². The molecule has 0 saturated carbocycles. The number of aryl methyl sites for hydroxylation is 1. The highest BCUT2D eigenvalue weighted by atomic mass is 31.2. The molecule has 0 saturated heterocycles. The zero-order valence-corrected chi connectivity index (χ0v) is 28.4. The van der Waals surface area contributed by atoms with E-state index < -0.39 is 32.6 Å². The van der Waals surface area contributed by atoms with Crippen molar-refractivity contribution in [2.75, 3.05) is 19.9 Å². The van der Waals surface area contributed by atoms with Crippen molar-refractivity contribution in [2.45, 2.75) is 47.0 Å². The Balaban J connectivity index is 1.71. The van der Waals surface area contributed by atoms with Gasteiger partial charge in [0.15, 0.2) is 5.84 Å². The van der Waals surface area contributed by atoms with E-state index in [-0.39, 0.29) is 36.0 Å². The molecule has 1 heterocycles. The van der Waals surface area contributed by atoms with E-state index >= 15 is 0 Å². The summed E-state index contributed by atoms with van der Waals surface area (Å²) in [7, 11) is -4.72. The molecule has 3 rings (SSSR count). The van der Waals surface area contributed by atoms with E-state index in [1.54, 1.807) is 32.0 Å². The maximum atomic E-state index is 13.6. The van der Waals surface area contributed by atoms with Crippen molar-refractivity contribution in [3.63, 3.8) is 0 Å². The fraction of sp³-hybridized carbons (Fsp3) is 0.312. The molecular formula is C32H39N6O10P. The fourth-order valence-electron chi connectivity index (χ4n) is 4.39. The van der Waals surface area contributed by atoms with Crippen LogP contribution in [0.15, 0.2) is 58.6 Å². The van der Waals surface area contributed by atoms with Crippen LogP contribution < -0.4 is 15.6 Å². The van der Waals surface area contributed by atoms with Gasteiger partial charge in [0.05, 0.1) is 29.7 Å². The monoisotopic (exact) mass is 698 g/mol. The molecule has 0 unspecified atom stereocenters. The Bertz CT molecular complexity index is 1760. The summed E-state index contributed by atoms with van der Waals surface area (Å²) in [5.74, 6) is -1.64. The third-order valence-electron chi connectivity index (χ3n) is 6.84. The number of nitrogens with zero attached hydrogens (tertiary/aromatic N) is 3. The molecule has 3 aromatic rings. The van der Waals surface area contributed by atoms with Gasteiger partial charge in [0.1, 0.15) is 5.75 Å². The Morgan fingerprint density at radius 1 is 1.04 bits per heavy atom. The third-order valence-corrected chi connectivity index (χ3v) is 7.28. The molecule has 16 nitrogen and oxygen atoms in total. The maximum Gasteiger partial charge on any atom is 0.524 e. The number of hydrogen-bond acceptors (Lipinski definition) is 9. The summed E-state index contributed by atoms with van der Waals surface area (Å²) in [6.45, 7) is 6.94. The van der Waals surface area contributed by atoms with Crippen molar-refractivity contribution >= 4 is 49.6 Å². The lowest BCUT2D eigenvalue weighted by molar-refractivity contribution is -0.151. The third kappa shape index (κ3) is 11.1. The number of rotatable bonds is 14. The second kappa shape index (κ2) is 17.7. The van der Waals surface area contributed by atoms with Crippen molar-refractivity contribution < 1.29 is 47.5 Å². The Morgan fingerprint density at radius 3 is 2.39 bits per heavy atom. The van der Waals surface area contributed by atoms with Crippen LogP contribution in [0.3, 0.4) is 0 Å². The van der Waals surface area contributed by atoms with Gasteiger partial charge < -0.3 is 30.0 Å². The van der Waals surface area contributed by atoms with Crippen LogP contribution >= 0.6 is 7.82 Å². The van der Waals surface area contributed by atoms with E-state index in [2.05, 4.69) is 24.8 Å². The molecule has 262 valence electrons. The number of carbonyl (C=O) groups is 4. The fourth-order valence-corrected chi connectivity index (χ4v) is 4.78. The normalized spacial score (nSPS) is 11.7. The number of hydrogen-bond donors (Lipinski definition) is 5. The lowest BCUT2D eigenvalue weighted by Gasteiger charge is -2.19. The lowest BCUT2D eigenvalue weighted by atomic mass is 10.1. The van der Waals surface area contributed by atoms with Gasteiger partial charge in [-0.2, -0.15) is 0 Å². The predicted molar refractivity (Wildman–Crippen MR) is 180 cm³/mol. The molecule has 49 heavy (non-hydrogen) atoms. The number of phosphoric acid groups is 1. The lowest BCUT2D eigenvalue weighted by Crippen LogP contribution is -2.38. The molecule has 0 fully saturated rings. The Labute approximate surface area is 282 Å². The topological polar surface area (TPSA) is 235 Å². The molecule has 17 heteroatoms. The van der Waals surface area contributed by atoms with Gasteiger partial charge >= 0.3 is 19.9 Å². The number of benzene rings is 2. The quantitative estimate of drug-likeness (QED) is 0.0530. The molecule has 0 aliphatic heterocycles. The molecule has 0 atom stereocenters. The summed E-state index contributed by atoms with van der Waals surface area (Å²) in [6, 6.07) is 10.4. The second-order valence-corrected chi connectivity index (χ2v) is 11.7. The largest absolute Gasteiger partial charge is 0.524 e. The van der Waals surface area contributed by atoms with Crippen LogP contribution in [-0.2, 0) is 25.3 Å². The number of carbonyl (C=O) groups excluding carboxylic acids is 4. The van der Waals surface area contributed by atoms with Gasteiger partial charge in [0, 0.05) is 24.8 Å². The molecule has 2 aromatic carbocycles.